The van der Waals surface area contributed by atoms with Gasteiger partial charge in [0, 0.05) is 19.3 Å². The van der Waals surface area contributed by atoms with Crippen LogP contribution in [0, 0.1) is 11.3 Å². The largest absolute Gasteiger partial charge is 0.465 e. The zero-order chi connectivity index (χ0) is 11.1. The summed E-state index contributed by atoms with van der Waals surface area (Å²) in [5.74, 6) is -0.573. The molecule has 1 heterocycles. The van der Waals surface area contributed by atoms with Gasteiger partial charge in [0.2, 0.25) is 0 Å². The van der Waals surface area contributed by atoms with E-state index in [0.29, 0.717) is 13.0 Å². The van der Waals surface area contributed by atoms with Gasteiger partial charge in [0.15, 0.2) is 0 Å². The van der Waals surface area contributed by atoms with Gasteiger partial charge in [-0.1, -0.05) is 12.2 Å². The van der Waals surface area contributed by atoms with Gasteiger partial charge in [-0.25, -0.2) is 0 Å². The molecule has 0 bridgehead atoms. The lowest BCUT2D eigenvalue weighted by atomic mass is 9.72. The van der Waals surface area contributed by atoms with Crippen molar-refractivity contribution in [2.45, 2.75) is 26.4 Å². The van der Waals surface area contributed by atoms with Crippen LogP contribution in [-0.2, 0) is 19.1 Å². The maximum Gasteiger partial charge on any atom is 0.316 e. The minimum atomic E-state index is -0.613. The van der Waals surface area contributed by atoms with Crippen molar-refractivity contribution < 1.29 is 19.1 Å². The zero-order valence-corrected chi connectivity index (χ0v) is 8.86. The van der Waals surface area contributed by atoms with Crippen LogP contribution in [0.3, 0.4) is 0 Å². The number of hydrogen-bond acceptors (Lipinski definition) is 4. The van der Waals surface area contributed by atoms with Crippen molar-refractivity contribution >= 4 is 11.9 Å². The van der Waals surface area contributed by atoms with Crippen LogP contribution in [0.25, 0.3) is 0 Å². The molecule has 1 aliphatic carbocycles. The van der Waals surface area contributed by atoms with Crippen molar-refractivity contribution in [3.63, 3.8) is 0 Å². The molecule has 3 atom stereocenters. The second-order valence-electron chi connectivity index (χ2n) is 4.27. The van der Waals surface area contributed by atoms with Crippen LogP contribution in [0.5, 0.6) is 0 Å². The summed E-state index contributed by atoms with van der Waals surface area (Å²) in [6.45, 7) is 3.56. The first-order chi connectivity index (χ1) is 7.04. The molecule has 1 saturated heterocycles. The Hall–Kier alpha value is -1.32. The number of hydrogen-bond donors (Lipinski definition) is 0. The van der Waals surface area contributed by atoms with Gasteiger partial charge in [0.25, 0.3) is 0 Å². The van der Waals surface area contributed by atoms with Gasteiger partial charge in [-0.3, -0.25) is 9.59 Å². The second-order valence-corrected chi connectivity index (χ2v) is 4.27. The summed E-state index contributed by atoms with van der Waals surface area (Å²) in [6, 6.07) is 0. The first-order valence-corrected chi connectivity index (χ1v) is 5.06. The lowest BCUT2D eigenvalue weighted by Crippen LogP contribution is -2.40. The molecule has 1 aliphatic heterocycles. The SMILES string of the molecule is CC(=O)O[C@@H]1CC=C[C@]2(C)C(=O)OC[C@H]12. The lowest BCUT2D eigenvalue weighted by molar-refractivity contribution is -0.152. The number of carbonyl (C=O) groups is 2. The van der Waals surface area contributed by atoms with E-state index in [9.17, 15) is 9.59 Å². The second kappa shape index (κ2) is 3.36. The van der Waals surface area contributed by atoms with Gasteiger partial charge in [-0.05, 0) is 6.92 Å². The van der Waals surface area contributed by atoms with Crippen molar-refractivity contribution in [3.05, 3.63) is 12.2 Å². The fraction of sp³-hybridized carbons (Fsp3) is 0.636. The minimum Gasteiger partial charge on any atom is -0.465 e. The summed E-state index contributed by atoms with van der Waals surface area (Å²) in [5, 5.41) is 0. The lowest BCUT2D eigenvalue weighted by Gasteiger charge is -2.32. The summed E-state index contributed by atoms with van der Waals surface area (Å²) in [6.07, 6.45) is 4.18. The fourth-order valence-corrected chi connectivity index (χ4v) is 2.29. The van der Waals surface area contributed by atoms with E-state index >= 15 is 0 Å². The summed E-state index contributed by atoms with van der Waals surface area (Å²) in [5.41, 5.74) is -0.613. The van der Waals surface area contributed by atoms with Crippen LogP contribution >= 0.6 is 0 Å². The van der Waals surface area contributed by atoms with Crippen LogP contribution in [0.4, 0.5) is 0 Å². The molecule has 4 nitrogen and oxygen atoms in total. The molecule has 0 aromatic heterocycles. The quantitative estimate of drug-likeness (QED) is 0.479. The van der Waals surface area contributed by atoms with Crippen molar-refractivity contribution in [1.29, 1.82) is 0 Å². The summed E-state index contributed by atoms with van der Waals surface area (Å²) >= 11 is 0. The Morgan fingerprint density at radius 3 is 3.07 bits per heavy atom. The molecule has 15 heavy (non-hydrogen) atoms. The summed E-state index contributed by atoms with van der Waals surface area (Å²) < 4.78 is 10.2. The highest BCUT2D eigenvalue weighted by Gasteiger charge is 2.52. The predicted octanol–water partition coefficient (Wildman–Crippen LogP) is 1.06. The van der Waals surface area contributed by atoms with Crippen molar-refractivity contribution in [2.75, 3.05) is 6.61 Å². The van der Waals surface area contributed by atoms with E-state index in [2.05, 4.69) is 0 Å². The smallest absolute Gasteiger partial charge is 0.316 e. The third kappa shape index (κ3) is 1.54. The molecule has 0 aromatic carbocycles. The predicted molar refractivity (Wildman–Crippen MR) is 51.9 cm³/mol. The molecule has 2 rings (SSSR count). The Labute approximate surface area is 88.2 Å². The maximum atomic E-state index is 11.5. The van der Waals surface area contributed by atoms with E-state index in [1.165, 1.54) is 6.92 Å². The fourth-order valence-electron chi connectivity index (χ4n) is 2.29. The highest BCUT2D eigenvalue weighted by molar-refractivity contribution is 5.81. The average molecular weight is 210 g/mol. The van der Waals surface area contributed by atoms with Gasteiger partial charge < -0.3 is 9.47 Å². The Bertz CT molecular complexity index is 333. The van der Waals surface area contributed by atoms with E-state index in [1.807, 2.05) is 19.1 Å². The Morgan fingerprint density at radius 1 is 1.67 bits per heavy atom. The number of rotatable bonds is 1. The molecule has 0 aromatic rings. The number of esters is 2. The third-order valence-corrected chi connectivity index (χ3v) is 3.20. The van der Waals surface area contributed by atoms with E-state index in [4.69, 9.17) is 9.47 Å². The van der Waals surface area contributed by atoms with Gasteiger partial charge in [-0.2, -0.15) is 0 Å². The van der Waals surface area contributed by atoms with E-state index in [1.54, 1.807) is 0 Å². The average Bonchev–Trinajstić information content (AvgIpc) is 2.43. The van der Waals surface area contributed by atoms with Crippen LogP contribution in [-0.4, -0.2) is 24.6 Å². The molecule has 4 heteroatoms. The first kappa shape index (κ1) is 10.2. The standard InChI is InChI=1S/C11H14O4/c1-7(12)15-9-4-3-5-11(2)8(9)6-14-10(11)13/h3,5,8-9H,4,6H2,1-2H3/t8-,9-,11+/m1/s1. The van der Waals surface area contributed by atoms with Crippen LogP contribution in [0.1, 0.15) is 20.3 Å². The third-order valence-electron chi connectivity index (χ3n) is 3.20. The normalized spacial score (nSPS) is 38.4. The molecule has 0 radical (unpaired) electrons. The van der Waals surface area contributed by atoms with Crippen molar-refractivity contribution in [1.82, 2.24) is 0 Å². The van der Waals surface area contributed by atoms with E-state index < -0.39 is 5.41 Å². The molecule has 0 spiro atoms. The molecule has 0 unspecified atom stereocenters. The van der Waals surface area contributed by atoms with E-state index in [0.717, 1.165) is 0 Å². The molecule has 1 fully saturated rings. The summed E-state index contributed by atoms with van der Waals surface area (Å²) in [4.78, 5) is 22.5. The Morgan fingerprint density at radius 2 is 2.40 bits per heavy atom. The van der Waals surface area contributed by atoms with Gasteiger partial charge in [0.05, 0.1) is 12.0 Å². The highest BCUT2D eigenvalue weighted by Crippen LogP contribution is 2.43. The number of ether oxygens (including phenoxy) is 2. The number of cyclic esters (lactones) is 1. The summed E-state index contributed by atoms with van der Waals surface area (Å²) in [7, 11) is 0. The molecule has 0 N–H and O–H groups in total. The molecule has 0 saturated carbocycles. The molecule has 0 amide bonds. The first-order valence-electron chi connectivity index (χ1n) is 5.06. The topological polar surface area (TPSA) is 52.6 Å². The molecule has 2 aliphatic rings. The monoisotopic (exact) mass is 210 g/mol. The van der Waals surface area contributed by atoms with Crippen LogP contribution in [0.15, 0.2) is 12.2 Å². The van der Waals surface area contributed by atoms with Crippen LogP contribution in [0.2, 0.25) is 0 Å². The zero-order valence-electron chi connectivity index (χ0n) is 8.86. The molecular weight excluding hydrogens is 196 g/mol. The Balaban J connectivity index is 2.23. The molecular formula is C11H14O4. The maximum absolute atomic E-state index is 11.5. The van der Waals surface area contributed by atoms with Crippen molar-refractivity contribution in [3.8, 4) is 0 Å². The minimum absolute atomic E-state index is 0.0427. The number of carbonyl (C=O) groups excluding carboxylic acids is 2. The van der Waals surface area contributed by atoms with E-state index in [-0.39, 0.29) is 24.0 Å². The van der Waals surface area contributed by atoms with Gasteiger partial charge in [0.1, 0.15) is 6.10 Å². The van der Waals surface area contributed by atoms with Gasteiger partial charge >= 0.3 is 11.9 Å². The number of fused-ring (bicyclic) bond motifs is 1. The van der Waals surface area contributed by atoms with Gasteiger partial charge in [-0.15, -0.1) is 0 Å². The molecule has 82 valence electrons. The Kier molecular flexibility index (Phi) is 2.29. The van der Waals surface area contributed by atoms with Crippen molar-refractivity contribution in [2.24, 2.45) is 11.3 Å². The van der Waals surface area contributed by atoms with Crippen LogP contribution < -0.4 is 0 Å². The highest BCUT2D eigenvalue weighted by atomic mass is 16.6.